The zero-order valence-corrected chi connectivity index (χ0v) is 12.2. The summed E-state index contributed by atoms with van der Waals surface area (Å²) in [5.74, 6) is 0.803. The smallest absolute Gasteiger partial charge is 0.234 e. The third kappa shape index (κ3) is 4.01. The summed E-state index contributed by atoms with van der Waals surface area (Å²) in [6.45, 7) is 5.72. The second kappa shape index (κ2) is 7.35. The molecule has 0 spiro atoms. The van der Waals surface area contributed by atoms with Gasteiger partial charge in [-0.3, -0.25) is 9.69 Å². The molecular formula is C13H23N5O2. The summed E-state index contributed by atoms with van der Waals surface area (Å²) < 4.78 is 6.96. The molecule has 2 heterocycles. The van der Waals surface area contributed by atoms with Crippen molar-refractivity contribution in [1.82, 2.24) is 25.0 Å². The number of methoxy groups -OCH3 is 1. The molecule has 0 aromatic carbocycles. The summed E-state index contributed by atoms with van der Waals surface area (Å²) in [5.41, 5.74) is 0. The molecule has 0 unspecified atom stereocenters. The Labute approximate surface area is 119 Å². The van der Waals surface area contributed by atoms with Crippen LogP contribution in [0.25, 0.3) is 0 Å². The van der Waals surface area contributed by atoms with Crippen LogP contribution in [0.1, 0.15) is 31.6 Å². The minimum absolute atomic E-state index is 0.0423. The van der Waals surface area contributed by atoms with E-state index in [9.17, 15) is 4.79 Å². The molecular weight excluding hydrogens is 258 g/mol. The van der Waals surface area contributed by atoms with Crippen LogP contribution in [-0.4, -0.2) is 58.9 Å². The fraction of sp³-hybridized carbons (Fsp3) is 0.769. The maximum atomic E-state index is 12.0. The van der Waals surface area contributed by atoms with E-state index in [1.54, 1.807) is 13.4 Å². The number of likely N-dealkylation sites (tertiary alicyclic amines) is 1. The van der Waals surface area contributed by atoms with E-state index in [4.69, 9.17) is 4.74 Å². The van der Waals surface area contributed by atoms with Crippen LogP contribution in [0.4, 0.5) is 0 Å². The number of carbonyl (C=O) groups is 1. The lowest BCUT2D eigenvalue weighted by molar-refractivity contribution is -0.122. The second-order valence-corrected chi connectivity index (χ2v) is 5.15. The third-order valence-electron chi connectivity index (χ3n) is 3.51. The summed E-state index contributed by atoms with van der Waals surface area (Å²) >= 11 is 0. The summed E-state index contributed by atoms with van der Waals surface area (Å²) in [7, 11) is 1.66. The minimum atomic E-state index is -0.149. The number of nitrogens with one attached hydrogen (secondary N) is 1. The van der Waals surface area contributed by atoms with E-state index in [1.807, 2.05) is 11.5 Å². The minimum Gasteiger partial charge on any atom is -0.383 e. The Balaban J connectivity index is 1.85. The SMILES string of the molecule is COCCn1cnnc1[C@@H](C)NC(=O)CN1CCCC1. The molecule has 1 aliphatic rings. The molecule has 0 bridgehead atoms. The van der Waals surface area contributed by atoms with E-state index in [0.29, 0.717) is 19.7 Å². The lowest BCUT2D eigenvalue weighted by Crippen LogP contribution is -2.37. The average molecular weight is 281 g/mol. The van der Waals surface area contributed by atoms with Crippen molar-refractivity contribution >= 4 is 5.91 Å². The van der Waals surface area contributed by atoms with Crippen LogP contribution in [0, 0.1) is 0 Å². The topological polar surface area (TPSA) is 72.3 Å². The van der Waals surface area contributed by atoms with Crippen LogP contribution < -0.4 is 5.32 Å². The monoisotopic (exact) mass is 281 g/mol. The number of nitrogens with zero attached hydrogens (tertiary/aromatic N) is 4. The van der Waals surface area contributed by atoms with Crippen molar-refractivity contribution in [1.29, 1.82) is 0 Å². The predicted molar refractivity (Wildman–Crippen MR) is 74.1 cm³/mol. The van der Waals surface area contributed by atoms with Crippen molar-refractivity contribution in [2.75, 3.05) is 33.4 Å². The lowest BCUT2D eigenvalue weighted by Gasteiger charge is -2.18. The van der Waals surface area contributed by atoms with Gasteiger partial charge in [0.05, 0.1) is 19.2 Å². The standard InChI is InChI=1S/C13H23N5O2/c1-11(13-16-14-10-18(13)7-8-20-2)15-12(19)9-17-5-3-4-6-17/h10-11H,3-9H2,1-2H3,(H,15,19)/t11-/m1/s1. The van der Waals surface area contributed by atoms with Crippen molar-refractivity contribution in [2.24, 2.45) is 0 Å². The van der Waals surface area contributed by atoms with Crippen molar-refractivity contribution in [3.63, 3.8) is 0 Å². The summed E-state index contributed by atoms with van der Waals surface area (Å²) in [4.78, 5) is 14.2. The van der Waals surface area contributed by atoms with Gasteiger partial charge in [0.25, 0.3) is 0 Å². The Morgan fingerprint density at radius 3 is 2.95 bits per heavy atom. The van der Waals surface area contributed by atoms with Gasteiger partial charge in [-0.1, -0.05) is 0 Å². The van der Waals surface area contributed by atoms with E-state index >= 15 is 0 Å². The largest absolute Gasteiger partial charge is 0.383 e. The Morgan fingerprint density at radius 2 is 2.25 bits per heavy atom. The van der Waals surface area contributed by atoms with Crippen molar-refractivity contribution in [2.45, 2.75) is 32.4 Å². The summed E-state index contributed by atoms with van der Waals surface area (Å²) in [6, 6.07) is -0.149. The molecule has 0 aliphatic carbocycles. The Morgan fingerprint density at radius 1 is 1.50 bits per heavy atom. The number of rotatable bonds is 7. The first kappa shape index (κ1) is 14.9. The molecule has 1 saturated heterocycles. The van der Waals surface area contributed by atoms with Gasteiger partial charge in [-0.25, -0.2) is 0 Å². The number of amides is 1. The van der Waals surface area contributed by atoms with E-state index in [2.05, 4.69) is 20.4 Å². The maximum absolute atomic E-state index is 12.0. The summed E-state index contributed by atoms with van der Waals surface area (Å²) in [6.07, 6.45) is 4.04. The molecule has 7 heteroatoms. The van der Waals surface area contributed by atoms with Gasteiger partial charge >= 0.3 is 0 Å². The van der Waals surface area contributed by atoms with Gasteiger partial charge in [0.15, 0.2) is 5.82 Å². The van der Waals surface area contributed by atoms with E-state index < -0.39 is 0 Å². The van der Waals surface area contributed by atoms with Gasteiger partial charge < -0.3 is 14.6 Å². The molecule has 2 rings (SSSR count). The van der Waals surface area contributed by atoms with Crippen LogP contribution in [-0.2, 0) is 16.1 Å². The van der Waals surface area contributed by atoms with Gasteiger partial charge in [0.1, 0.15) is 6.33 Å². The van der Waals surface area contributed by atoms with Crippen LogP contribution in [0.5, 0.6) is 0 Å². The predicted octanol–water partition coefficient (Wildman–Crippen LogP) is 0.198. The van der Waals surface area contributed by atoms with Crippen LogP contribution in [0.2, 0.25) is 0 Å². The third-order valence-corrected chi connectivity index (χ3v) is 3.51. The number of hydrogen-bond acceptors (Lipinski definition) is 5. The highest BCUT2D eigenvalue weighted by atomic mass is 16.5. The van der Waals surface area contributed by atoms with Crippen molar-refractivity contribution in [3.8, 4) is 0 Å². The maximum Gasteiger partial charge on any atom is 0.234 e. The van der Waals surface area contributed by atoms with Gasteiger partial charge in [-0.15, -0.1) is 10.2 Å². The van der Waals surface area contributed by atoms with Crippen molar-refractivity contribution < 1.29 is 9.53 Å². The zero-order chi connectivity index (χ0) is 14.4. The van der Waals surface area contributed by atoms with E-state index in [-0.39, 0.29) is 11.9 Å². The lowest BCUT2D eigenvalue weighted by atomic mass is 10.3. The summed E-state index contributed by atoms with van der Waals surface area (Å²) in [5, 5.41) is 11.0. The molecule has 1 aromatic heterocycles. The fourth-order valence-corrected chi connectivity index (χ4v) is 2.46. The Hall–Kier alpha value is -1.47. The van der Waals surface area contributed by atoms with Gasteiger partial charge in [-0.2, -0.15) is 0 Å². The molecule has 1 aliphatic heterocycles. The quantitative estimate of drug-likeness (QED) is 0.773. The zero-order valence-electron chi connectivity index (χ0n) is 12.2. The van der Waals surface area contributed by atoms with Crippen LogP contribution >= 0.6 is 0 Å². The number of hydrogen-bond donors (Lipinski definition) is 1. The fourth-order valence-electron chi connectivity index (χ4n) is 2.46. The molecule has 1 atom stereocenters. The van der Waals surface area contributed by atoms with E-state index in [1.165, 1.54) is 12.8 Å². The first-order valence-corrected chi connectivity index (χ1v) is 7.09. The molecule has 0 saturated carbocycles. The van der Waals surface area contributed by atoms with Gasteiger partial charge in [0.2, 0.25) is 5.91 Å². The Bertz CT molecular complexity index is 428. The number of carbonyl (C=O) groups excluding carboxylic acids is 1. The number of aromatic nitrogens is 3. The van der Waals surface area contributed by atoms with Crippen LogP contribution in [0.15, 0.2) is 6.33 Å². The molecule has 1 amide bonds. The molecule has 1 N–H and O–H groups in total. The highest BCUT2D eigenvalue weighted by Crippen LogP contribution is 2.10. The van der Waals surface area contributed by atoms with E-state index in [0.717, 1.165) is 18.9 Å². The first-order valence-electron chi connectivity index (χ1n) is 7.09. The van der Waals surface area contributed by atoms with Gasteiger partial charge in [-0.05, 0) is 32.9 Å². The molecule has 1 aromatic rings. The average Bonchev–Trinajstić information content (AvgIpc) is 3.06. The van der Waals surface area contributed by atoms with Crippen LogP contribution in [0.3, 0.4) is 0 Å². The molecule has 1 fully saturated rings. The highest BCUT2D eigenvalue weighted by molar-refractivity contribution is 5.78. The van der Waals surface area contributed by atoms with Crippen molar-refractivity contribution in [3.05, 3.63) is 12.2 Å². The normalized spacial score (nSPS) is 17.3. The number of ether oxygens (including phenoxy) is 1. The Kier molecular flexibility index (Phi) is 5.49. The van der Waals surface area contributed by atoms with Gasteiger partial charge in [0, 0.05) is 13.7 Å². The molecule has 112 valence electrons. The molecule has 0 radical (unpaired) electrons. The molecule has 20 heavy (non-hydrogen) atoms. The second-order valence-electron chi connectivity index (χ2n) is 5.15. The highest BCUT2D eigenvalue weighted by Gasteiger charge is 2.19. The molecule has 7 nitrogen and oxygen atoms in total. The first-order chi connectivity index (χ1) is 9.70.